The van der Waals surface area contributed by atoms with Crippen LogP contribution in [0.5, 0.6) is 0 Å². The maximum absolute atomic E-state index is 4.78. The fourth-order valence-corrected chi connectivity index (χ4v) is 3.95. The van der Waals surface area contributed by atoms with Crippen molar-refractivity contribution < 1.29 is 0 Å². The molecule has 0 amide bonds. The average molecular weight is 392 g/mol. The molecule has 0 bridgehead atoms. The van der Waals surface area contributed by atoms with Gasteiger partial charge in [0.05, 0.1) is 5.52 Å². The first-order valence-corrected chi connectivity index (χ1v) is 10.2. The Labute approximate surface area is 174 Å². The van der Waals surface area contributed by atoms with Gasteiger partial charge in [0.1, 0.15) is 5.82 Å². The third-order valence-electron chi connectivity index (χ3n) is 5.50. The molecule has 0 radical (unpaired) electrons. The number of hydrogen-bond donors (Lipinski definition) is 2. The van der Waals surface area contributed by atoms with Crippen LogP contribution in [-0.2, 0) is 6.54 Å². The molecule has 0 saturated heterocycles. The van der Waals surface area contributed by atoms with E-state index in [1.165, 1.54) is 18.4 Å². The fourth-order valence-electron chi connectivity index (χ4n) is 3.95. The minimum absolute atomic E-state index is 0. The minimum atomic E-state index is 0. The Kier molecular flexibility index (Phi) is 7.04. The second-order valence-electron chi connectivity index (χ2n) is 7.84. The molecule has 0 unspecified atom stereocenters. The van der Waals surface area contributed by atoms with Gasteiger partial charge in [-0.15, -0.1) is 0 Å². The highest BCUT2D eigenvalue weighted by Crippen LogP contribution is 2.26. The number of rotatable bonds is 6. The lowest BCUT2D eigenvalue weighted by atomic mass is 9.91. The van der Waals surface area contributed by atoms with Crippen LogP contribution in [0.1, 0.15) is 38.7 Å². The summed E-state index contributed by atoms with van der Waals surface area (Å²) in [7, 11) is 4.06. The predicted molar refractivity (Wildman–Crippen MR) is 124 cm³/mol. The van der Waals surface area contributed by atoms with E-state index in [4.69, 9.17) is 9.97 Å². The molecule has 3 aromatic rings. The Morgan fingerprint density at radius 1 is 0.862 bits per heavy atom. The highest BCUT2D eigenvalue weighted by Gasteiger charge is 2.22. The molecule has 154 valence electrons. The molecular formula is C24H33N5. The number of hydrogen-bond acceptors (Lipinski definition) is 5. The number of benzene rings is 2. The third kappa shape index (κ3) is 5.24. The minimum Gasteiger partial charge on any atom is -0.362 e. The van der Waals surface area contributed by atoms with Crippen LogP contribution in [0, 0.1) is 0 Å². The lowest BCUT2D eigenvalue weighted by molar-refractivity contribution is 0.352. The molecule has 1 heterocycles. The van der Waals surface area contributed by atoms with Gasteiger partial charge in [0, 0.05) is 38.1 Å². The lowest BCUT2D eigenvalue weighted by Crippen LogP contribution is -2.37. The summed E-state index contributed by atoms with van der Waals surface area (Å²) in [5.74, 6) is 1.70. The van der Waals surface area contributed by atoms with Gasteiger partial charge in [-0.25, -0.2) is 4.98 Å². The fraction of sp³-hybridized carbons (Fsp3) is 0.417. The van der Waals surface area contributed by atoms with E-state index in [0.29, 0.717) is 12.1 Å². The molecule has 2 N–H and O–H groups in total. The van der Waals surface area contributed by atoms with Gasteiger partial charge in [-0.2, -0.15) is 4.98 Å². The maximum atomic E-state index is 4.78. The summed E-state index contributed by atoms with van der Waals surface area (Å²) in [5.41, 5.74) is 2.34. The van der Waals surface area contributed by atoms with Gasteiger partial charge in [0.25, 0.3) is 0 Å². The first-order valence-electron chi connectivity index (χ1n) is 10.2. The van der Waals surface area contributed by atoms with Crippen molar-refractivity contribution in [3.05, 3.63) is 60.2 Å². The van der Waals surface area contributed by atoms with E-state index in [1.54, 1.807) is 0 Å². The van der Waals surface area contributed by atoms with Gasteiger partial charge >= 0.3 is 0 Å². The van der Waals surface area contributed by atoms with Crippen molar-refractivity contribution in [1.82, 2.24) is 15.3 Å². The van der Waals surface area contributed by atoms with Crippen LogP contribution in [0.4, 0.5) is 11.8 Å². The maximum Gasteiger partial charge on any atom is 0.225 e. The Balaban J connectivity index is 0.00000240. The highest BCUT2D eigenvalue weighted by molar-refractivity contribution is 5.90. The number of aromatic nitrogens is 2. The van der Waals surface area contributed by atoms with Gasteiger partial charge in [-0.1, -0.05) is 49.9 Å². The van der Waals surface area contributed by atoms with E-state index in [-0.39, 0.29) is 7.43 Å². The molecule has 1 aliphatic carbocycles. The second kappa shape index (κ2) is 9.70. The van der Waals surface area contributed by atoms with E-state index < -0.39 is 0 Å². The number of fused-ring (bicyclic) bond motifs is 1. The molecule has 1 aliphatic rings. The van der Waals surface area contributed by atoms with Gasteiger partial charge in [0.2, 0.25) is 5.95 Å². The number of nitrogens with zero attached hydrogens (tertiary/aromatic N) is 3. The molecule has 4 rings (SSSR count). The van der Waals surface area contributed by atoms with E-state index in [1.807, 2.05) is 26.2 Å². The van der Waals surface area contributed by atoms with Crippen LogP contribution >= 0.6 is 0 Å². The van der Waals surface area contributed by atoms with Crippen LogP contribution in [0.3, 0.4) is 0 Å². The zero-order valence-electron chi connectivity index (χ0n) is 16.7. The van der Waals surface area contributed by atoms with Crippen molar-refractivity contribution in [1.29, 1.82) is 0 Å². The van der Waals surface area contributed by atoms with Gasteiger partial charge < -0.3 is 15.5 Å². The average Bonchev–Trinajstić information content (AvgIpc) is 2.73. The smallest absolute Gasteiger partial charge is 0.225 e. The molecule has 5 heteroatoms. The van der Waals surface area contributed by atoms with Crippen LogP contribution < -0.4 is 15.5 Å². The summed E-state index contributed by atoms with van der Waals surface area (Å²) in [5, 5.41) is 8.38. The molecule has 1 aromatic heterocycles. The number of para-hydroxylation sites is 1. The summed E-state index contributed by atoms with van der Waals surface area (Å²) in [4.78, 5) is 11.6. The zero-order valence-corrected chi connectivity index (χ0v) is 16.7. The van der Waals surface area contributed by atoms with E-state index in [9.17, 15) is 0 Å². The van der Waals surface area contributed by atoms with Crippen molar-refractivity contribution in [3.8, 4) is 0 Å². The van der Waals surface area contributed by atoms with E-state index >= 15 is 0 Å². The summed E-state index contributed by atoms with van der Waals surface area (Å²) >= 11 is 0. The summed E-state index contributed by atoms with van der Waals surface area (Å²) < 4.78 is 0. The van der Waals surface area contributed by atoms with Crippen molar-refractivity contribution in [3.63, 3.8) is 0 Å². The predicted octanol–water partition coefficient (Wildman–Crippen LogP) is 4.84. The monoisotopic (exact) mass is 391 g/mol. The standard InChI is InChI=1S/C23H29N5.CH4/c1-28(2)22-20-10-6-7-11-21(20)26-23(27-22)25-19-14-12-18(13-15-19)24-16-17-8-4-3-5-9-17;/h3-11,18-19,24H,12-16H2,1-2H3,(H,25,26,27);1H4. The van der Waals surface area contributed by atoms with Crippen LogP contribution in [-0.4, -0.2) is 36.1 Å². The molecule has 1 fully saturated rings. The van der Waals surface area contributed by atoms with Gasteiger partial charge in [-0.05, 0) is 43.4 Å². The summed E-state index contributed by atoms with van der Waals surface area (Å²) in [6.07, 6.45) is 4.64. The Morgan fingerprint density at radius 3 is 2.24 bits per heavy atom. The SMILES string of the molecule is C.CN(C)c1nc(NC2CCC(NCc3ccccc3)CC2)nc2ccccc12. The van der Waals surface area contributed by atoms with Crippen molar-refractivity contribution in [2.24, 2.45) is 0 Å². The first kappa shape index (κ1) is 21.1. The van der Waals surface area contributed by atoms with E-state index in [0.717, 1.165) is 42.1 Å². The van der Waals surface area contributed by atoms with Crippen molar-refractivity contribution >= 4 is 22.7 Å². The van der Waals surface area contributed by atoms with Crippen LogP contribution in [0.2, 0.25) is 0 Å². The highest BCUT2D eigenvalue weighted by atomic mass is 15.2. The van der Waals surface area contributed by atoms with Crippen molar-refractivity contribution in [2.75, 3.05) is 24.3 Å². The Hall–Kier alpha value is -2.66. The van der Waals surface area contributed by atoms with E-state index in [2.05, 4.69) is 58.0 Å². The molecule has 0 atom stereocenters. The summed E-state index contributed by atoms with van der Waals surface area (Å²) in [6, 6.07) is 19.9. The van der Waals surface area contributed by atoms with Crippen molar-refractivity contribution in [2.45, 2.75) is 51.7 Å². The Bertz CT molecular complexity index is 902. The number of anilines is 2. The van der Waals surface area contributed by atoms with Gasteiger partial charge in [-0.3, -0.25) is 0 Å². The topological polar surface area (TPSA) is 53.1 Å². The second-order valence-corrected chi connectivity index (χ2v) is 7.84. The Morgan fingerprint density at radius 2 is 1.52 bits per heavy atom. The molecule has 29 heavy (non-hydrogen) atoms. The molecule has 0 aliphatic heterocycles. The normalized spacial score (nSPS) is 18.8. The summed E-state index contributed by atoms with van der Waals surface area (Å²) in [6.45, 7) is 0.948. The van der Waals surface area contributed by atoms with Crippen LogP contribution in [0.15, 0.2) is 54.6 Å². The molecular weight excluding hydrogens is 358 g/mol. The number of nitrogens with one attached hydrogen (secondary N) is 2. The third-order valence-corrected chi connectivity index (χ3v) is 5.50. The molecule has 2 aromatic carbocycles. The zero-order chi connectivity index (χ0) is 19.3. The van der Waals surface area contributed by atoms with Gasteiger partial charge in [0.15, 0.2) is 0 Å². The molecule has 0 spiro atoms. The molecule has 5 nitrogen and oxygen atoms in total. The largest absolute Gasteiger partial charge is 0.362 e. The lowest BCUT2D eigenvalue weighted by Gasteiger charge is -2.30. The first-order chi connectivity index (χ1) is 13.7. The molecule has 1 saturated carbocycles. The van der Waals surface area contributed by atoms with Crippen LogP contribution in [0.25, 0.3) is 10.9 Å². The quantitative estimate of drug-likeness (QED) is 0.629.